The molecule has 0 spiro atoms. The Morgan fingerprint density at radius 3 is 1.00 bits per heavy atom. The number of rotatable bonds is 2. The van der Waals surface area contributed by atoms with Crippen LogP contribution >= 0.6 is 0 Å². The molecule has 0 atom stereocenters. The van der Waals surface area contributed by atoms with E-state index >= 15 is 0 Å². The number of hydrogen-bond donors (Lipinski definition) is 0. The maximum Gasteiger partial charge on any atom is 2.00 e. The molecule has 0 radical (unpaired) electrons. The molecule has 0 bridgehead atoms. The minimum atomic E-state index is -0.187. The van der Waals surface area contributed by atoms with Crippen molar-refractivity contribution < 1.29 is 41.8 Å². The molecular formula is C10H16NiO5. The number of hydrogen-bond acceptors (Lipinski definition) is 4. The van der Waals surface area contributed by atoms with Crippen molar-refractivity contribution in [2.75, 3.05) is 0 Å². The van der Waals surface area contributed by atoms with E-state index in [2.05, 4.69) is 0 Å². The summed E-state index contributed by atoms with van der Waals surface area (Å²) in [4.78, 5) is 20.0. The van der Waals surface area contributed by atoms with Crippen LogP contribution < -0.4 is 10.2 Å². The number of ketones is 2. The zero-order chi connectivity index (χ0) is 11.7. The second-order valence-electron chi connectivity index (χ2n) is 2.73. The van der Waals surface area contributed by atoms with E-state index in [1.807, 2.05) is 0 Å². The van der Waals surface area contributed by atoms with Crippen molar-refractivity contribution in [1.29, 1.82) is 0 Å². The zero-order valence-electron chi connectivity index (χ0n) is 9.60. The fraction of sp³-hybridized carbons (Fsp3) is 0.400. The molecular weight excluding hydrogens is 259 g/mol. The maximum absolute atomic E-state index is 9.98. The molecule has 0 fully saturated rings. The monoisotopic (exact) mass is 274 g/mol. The van der Waals surface area contributed by atoms with Crippen LogP contribution in [0, 0.1) is 0 Å². The summed E-state index contributed by atoms with van der Waals surface area (Å²) in [7, 11) is 0. The predicted octanol–water partition coefficient (Wildman–Crippen LogP) is -1.15. The quantitative estimate of drug-likeness (QED) is 0.360. The first-order chi connectivity index (χ1) is 6.25. The summed E-state index contributed by atoms with van der Waals surface area (Å²) in [5.74, 6) is -0.750. The molecule has 0 saturated heterocycles. The summed E-state index contributed by atoms with van der Waals surface area (Å²) in [5, 5.41) is 20.0. The standard InChI is InChI=1S/2C5H8O2.Ni.H2O/c2*1-4(6)3-5(2)7;;/h2*3,6H,1-2H3;;1H2/q;;+2;/p-2/b2*4-3-;;. The number of carbonyl (C=O) groups is 2. The Hall–Kier alpha value is -1.13. The number of carbonyl (C=O) groups excluding carboxylic acids is 2. The average molecular weight is 275 g/mol. The third-order valence-corrected chi connectivity index (χ3v) is 0.813. The second kappa shape index (κ2) is 13.9. The molecule has 0 heterocycles. The van der Waals surface area contributed by atoms with Crippen molar-refractivity contribution in [3.63, 3.8) is 0 Å². The first kappa shape index (κ1) is 24.2. The normalized spacial score (nSPS) is 10.0. The zero-order valence-corrected chi connectivity index (χ0v) is 10.6. The fourth-order valence-electron chi connectivity index (χ4n) is 0.572. The minimum Gasteiger partial charge on any atom is -0.876 e. The van der Waals surface area contributed by atoms with Gasteiger partial charge in [0.05, 0.1) is 0 Å². The van der Waals surface area contributed by atoms with Gasteiger partial charge in [-0.2, -0.15) is 0 Å². The van der Waals surface area contributed by atoms with Crippen molar-refractivity contribution in [1.82, 2.24) is 0 Å². The minimum absolute atomic E-state index is 0. The largest absolute Gasteiger partial charge is 2.00 e. The van der Waals surface area contributed by atoms with Gasteiger partial charge in [-0.05, 0) is 26.0 Å². The Balaban J connectivity index is -0.0000000800. The van der Waals surface area contributed by atoms with Crippen molar-refractivity contribution >= 4 is 11.6 Å². The summed E-state index contributed by atoms with van der Waals surface area (Å²) in [5.41, 5.74) is 0. The van der Waals surface area contributed by atoms with Gasteiger partial charge in [-0.25, -0.2) is 0 Å². The third-order valence-electron chi connectivity index (χ3n) is 0.813. The maximum atomic E-state index is 9.98. The van der Waals surface area contributed by atoms with Gasteiger partial charge in [0.2, 0.25) is 0 Å². The molecule has 6 heteroatoms. The van der Waals surface area contributed by atoms with Crippen LogP contribution in [0.4, 0.5) is 0 Å². The molecule has 16 heavy (non-hydrogen) atoms. The molecule has 0 amide bonds. The molecule has 0 aliphatic heterocycles. The predicted molar refractivity (Wildman–Crippen MR) is 52.5 cm³/mol. The van der Waals surface area contributed by atoms with Crippen LogP contribution in [0.3, 0.4) is 0 Å². The molecule has 5 nitrogen and oxygen atoms in total. The van der Waals surface area contributed by atoms with E-state index in [0.29, 0.717) is 0 Å². The van der Waals surface area contributed by atoms with Crippen LogP contribution in [0.2, 0.25) is 0 Å². The van der Waals surface area contributed by atoms with Crippen molar-refractivity contribution in [2.45, 2.75) is 27.7 Å². The Bertz CT molecular complexity index is 232. The SMILES string of the molecule is CC(=O)/C=C(/C)[O-].CC(=O)/C=C(/C)[O-].O.[Ni+2]. The molecule has 0 aliphatic rings. The summed E-state index contributed by atoms with van der Waals surface area (Å²) in [6, 6.07) is 0. The average Bonchev–Trinajstić information content (AvgIpc) is 1.79. The van der Waals surface area contributed by atoms with E-state index in [9.17, 15) is 19.8 Å². The Morgan fingerprint density at radius 2 is 1.00 bits per heavy atom. The van der Waals surface area contributed by atoms with E-state index in [4.69, 9.17) is 0 Å². The van der Waals surface area contributed by atoms with E-state index in [0.717, 1.165) is 12.2 Å². The van der Waals surface area contributed by atoms with Crippen LogP contribution in [0.25, 0.3) is 0 Å². The Kier molecular flexibility index (Phi) is 21.0. The van der Waals surface area contributed by atoms with Crippen LogP contribution in [0.1, 0.15) is 27.7 Å². The summed E-state index contributed by atoms with van der Waals surface area (Å²) in [6.45, 7) is 5.39. The van der Waals surface area contributed by atoms with E-state index < -0.39 is 0 Å². The summed E-state index contributed by atoms with van der Waals surface area (Å²) >= 11 is 0. The first-order valence-electron chi connectivity index (χ1n) is 3.97. The van der Waals surface area contributed by atoms with E-state index in [-0.39, 0.29) is 45.1 Å². The molecule has 0 aromatic heterocycles. The Labute approximate surface area is 105 Å². The van der Waals surface area contributed by atoms with Crippen LogP contribution in [0.15, 0.2) is 23.7 Å². The van der Waals surface area contributed by atoms with E-state index in [1.54, 1.807) is 0 Å². The second-order valence-corrected chi connectivity index (χ2v) is 2.73. The van der Waals surface area contributed by atoms with E-state index in [1.165, 1.54) is 27.7 Å². The molecule has 2 N–H and O–H groups in total. The van der Waals surface area contributed by atoms with Crippen LogP contribution in [-0.2, 0) is 26.1 Å². The van der Waals surface area contributed by atoms with Crippen molar-refractivity contribution in [2.24, 2.45) is 0 Å². The molecule has 0 aliphatic carbocycles. The summed E-state index contributed by atoms with van der Waals surface area (Å²) < 4.78 is 0. The van der Waals surface area contributed by atoms with Gasteiger partial charge in [0.25, 0.3) is 0 Å². The molecule has 0 saturated carbocycles. The van der Waals surface area contributed by atoms with Gasteiger partial charge < -0.3 is 15.7 Å². The van der Waals surface area contributed by atoms with Gasteiger partial charge >= 0.3 is 16.5 Å². The first-order valence-corrected chi connectivity index (χ1v) is 3.97. The van der Waals surface area contributed by atoms with Crippen LogP contribution in [0.5, 0.6) is 0 Å². The third kappa shape index (κ3) is 38.4. The van der Waals surface area contributed by atoms with Gasteiger partial charge in [0, 0.05) is 0 Å². The smallest absolute Gasteiger partial charge is 0.876 e. The van der Waals surface area contributed by atoms with Gasteiger partial charge in [0.15, 0.2) is 11.6 Å². The molecule has 0 unspecified atom stereocenters. The van der Waals surface area contributed by atoms with Gasteiger partial charge in [-0.15, -0.1) is 11.5 Å². The summed E-state index contributed by atoms with van der Waals surface area (Å²) in [6.07, 6.45) is 2.11. The topological polar surface area (TPSA) is 112 Å². The molecule has 0 aromatic rings. The molecule has 96 valence electrons. The van der Waals surface area contributed by atoms with Crippen LogP contribution in [-0.4, -0.2) is 17.0 Å². The van der Waals surface area contributed by atoms with Gasteiger partial charge in [-0.3, -0.25) is 9.59 Å². The molecule has 0 aromatic carbocycles. The number of allylic oxidation sites excluding steroid dienone is 4. The van der Waals surface area contributed by atoms with Crippen molar-refractivity contribution in [3.8, 4) is 0 Å². The van der Waals surface area contributed by atoms with Gasteiger partial charge in [-0.1, -0.05) is 13.8 Å². The molecule has 0 rings (SSSR count). The van der Waals surface area contributed by atoms with Crippen molar-refractivity contribution in [3.05, 3.63) is 23.7 Å². The Morgan fingerprint density at radius 1 is 0.812 bits per heavy atom. The van der Waals surface area contributed by atoms with Gasteiger partial charge in [0.1, 0.15) is 0 Å². The fourth-order valence-corrected chi connectivity index (χ4v) is 0.572.